The van der Waals surface area contributed by atoms with E-state index in [9.17, 15) is 14.4 Å². The molecule has 9 nitrogen and oxygen atoms in total. The van der Waals surface area contributed by atoms with E-state index in [2.05, 4.69) is 32.7 Å². The average molecular weight is 462 g/mol. The summed E-state index contributed by atoms with van der Waals surface area (Å²) in [4.78, 5) is 47.2. The molecule has 2 aromatic heterocycles. The van der Waals surface area contributed by atoms with Crippen molar-refractivity contribution in [2.75, 3.05) is 19.7 Å². The lowest BCUT2D eigenvalue weighted by atomic mass is 10.1. The van der Waals surface area contributed by atoms with Crippen molar-refractivity contribution in [3.05, 3.63) is 26.7 Å². The number of imidazole rings is 1. The largest absolute Gasteiger partial charge is 0.376 e. The monoisotopic (exact) mass is 461 g/mol. The van der Waals surface area contributed by atoms with Crippen LogP contribution >= 0.6 is 0 Å². The molecule has 0 spiro atoms. The van der Waals surface area contributed by atoms with E-state index in [0.717, 1.165) is 45.3 Å². The highest BCUT2D eigenvalue weighted by Crippen LogP contribution is 2.18. The molecule has 1 saturated heterocycles. The molecule has 1 atom stereocenters. The van der Waals surface area contributed by atoms with Crippen molar-refractivity contribution in [1.29, 1.82) is 0 Å². The Kier molecular flexibility index (Phi) is 8.88. The van der Waals surface area contributed by atoms with E-state index in [-0.39, 0.29) is 17.9 Å². The van der Waals surface area contributed by atoms with Crippen LogP contribution in [0.25, 0.3) is 11.2 Å². The second-order valence-electron chi connectivity index (χ2n) is 9.44. The Morgan fingerprint density at radius 3 is 2.70 bits per heavy atom. The van der Waals surface area contributed by atoms with Gasteiger partial charge in [-0.3, -0.25) is 19.1 Å². The third-order valence-electron chi connectivity index (χ3n) is 6.10. The highest BCUT2D eigenvalue weighted by atomic mass is 16.5. The first kappa shape index (κ1) is 25.2. The molecule has 1 amide bonds. The smallest absolute Gasteiger partial charge is 0.330 e. The summed E-state index contributed by atoms with van der Waals surface area (Å²) in [5, 5.41) is 0. The number of carbonyl (C=O) groups excluding carboxylic acids is 1. The lowest BCUT2D eigenvalue weighted by molar-refractivity contribution is -0.135. The number of aromatic nitrogens is 4. The Bertz CT molecular complexity index is 1050. The van der Waals surface area contributed by atoms with Crippen molar-refractivity contribution in [3.8, 4) is 0 Å². The predicted molar refractivity (Wildman–Crippen MR) is 129 cm³/mol. The van der Waals surface area contributed by atoms with Crippen LogP contribution in [-0.2, 0) is 29.0 Å². The van der Waals surface area contributed by atoms with Gasteiger partial charge in [-0.25, -0.2) is 9.78 Å². The summed E-state index contributed by atoms with van der Waals surface area (Å²) in [6, 6.07) is 0. The second-order valence-corrected chi connectivity index (χ2v) is 9.44. The number of nitrogens with one attached hydrogen (secondary N) is 1. The summed E-state index contributed by atoms with van der Waals surface area (Å²) >= 11 is 0. The van der Waals surface area contributed by atoms with Crippen molar-refractivity contribution in [2.24, 2.45) is 5.92 Å². The van der Waals surface area contributed by atoms with E-state index in [1.807, 2.05) is 9.47 Å². The Morgan fingerprint density at radius 2 is 2.00 bits per heavy atom. The number of piperidine rings is 1. The van der Waals surface area contributed by atoms with Gasteiger partial charge in [-0.2, -0.15) is 0 Å². The maximum absolute atomic E-state index is 13.0. The molecule has 9 heteroatoms. The van der Waals surface area contributed by atoms with E-state index in [0.29, 0.717) is 49.5 Å². The van der Waals surface area contributed by atoms with Gasteiger partial charge >= 0.3 is 5.69 Å². The Balaban J connectivity index is 1.84. The molecule has 0 aromatic carbocycles. The molecule has 0 radical (unpaired) electrons. The fourth-order valence-corrected chi connectivity index (χ4v) is 4.46. The summed E-state index contributed by atoms with van der Waals surface area (Å²) in [7, 11) is 0. The number of amides is 1. The number of nitrogens with zero attached hydrogens (tertiary/aromatic N) is 4. The van der Waals surface area contributed by atoms with Crippen LogP contribution in [0.4, 0.5) is 0 Å². The number of hydrogen-bond acceptors (Lipinski definition) is 5. The van der Waals surface area contributed by atoms with Gasteiger partial charge in [0.25, 0.3) is 5.56 Å². The van der Waals surface area contributed by atoms with Gasteiger partial charge in [0, 0.05) is 45.6 Å². The highest BCUT2D eigenvalue weighted by Gasteiger charge is 2.25. The lowest BCUT2D eigenvalue weighted by Crippen LogP contribution is -2.43. The number of aryl methyl sites for hydroxylation is 2. The number of hydrogen-bond donors (Lipinski definition) is 1. The molecule has 1 fully saturated rings. The molecular weight excluding hydrogens is 422 g/mol. The van der Waals surface area contributed by atoms with Crippen molar-refractivity contribution < 1.29 is 9.53 Å². The van der Waals surface area contributed by atoms with Crippen LogP contribution in [0.2, 0.25) is 0 Å². The second kappa shape index (κ2) is 11.6. The first-order chi connectivity index (χ1) is 15.8. The average Bonchev–Trinajstić information content (AvgIpc) is 3.13. The number of ether oxygens (including phenoxy) is 1. The SMILES string of the molecule is CCCCn1c(=O)[nH]c(=O)c2c1nc(CCC(=O)N1CCCC(OCCC)C1)n2CC(C)C. The van der Waals surface area contributed by atoms with E-state index in [4.69, 9.17) is 9.72 Å². The van der Waals surface area contributed by atoms with Crippen LogP contribution in [-0.4, -0.2) is 55.7 Å². The molecule has 33 heavy (non-hydrogen) atoms. The third-order valence-corrected chi connectivity index (χ3v) is 6.10. The molecule has 3 rings (SSSR count). The third kappa shape index (κ3) is 6.13. The number of H-pyrrole nitrogens is 1. The van der Waals surface area contributed by atoms with Gasteiger partial charge in [0.05, 0.1) is 6.10 Å². The van der Waals surface area contributed by atoms with Gasteiger partial charge in [0.15, 0.2) is 11.2 Å². The quantitative estimate of drug-likeness (QED) is 0.554. The summed E-state index contributed by atoms with van der Waals surface area (Å²) < 4.78 is 9.33. The maximum atomic E-state index is 13.0. The van der Waals surface area contributed by atoms with E-state index in [1.54, 1.807) is 4.57 Å². The van der Waals surface area contributed by atoms with Crippen LogP contribution < -0.4 is 11.2 Å². The van der Waals surface area contributed by atoms with Gasteiger partial charge in [0.1, 0.15) is 5.82 Å². The van der Waals surface area contributed by atoms with Crippen LogP contribution in [0.1, 0.15) is 72.0 Å². The number of likely N-dealkylation sites (tertiary alicyclic amines) is 1. The van der Waals surface area contributed by atoms with Crippen molar-refractivity contribution in [1.82, 2.24) is 24.0 Å². The maximum Gasteiger partial charge on any atom is 0.330 e. The van der Waals surface area contributed by atoms with E-state index >= 15 is 0 Å². The fourth-order valence-electron chi connectivity index (χ4n) is 4.46. The van der Waals surface area contributed by atoms with Crippen LogP contribution in [0.3, 0.4) is 0 Å². The Morgan fingerprint density at radius 1 is 1.21 bits per heavy atom. The zero-order valence-corrected chi connectivity index (χ0v) is 20.6. The number of aromatic amines is 1. The van der Waals surface area contributed by atoms with E-state index < -0.39 is 11.2 Å². The van der Waals surface area contributed by atoms with Gasteiger partial charge in [0.2, 0.25) is 5.91 Å². The predicted octanol–water partition coefficient (Wildman–Crippen LogP) is 2.69. The summed E-state index contributed by atoms with van der Waals surface area (Å²) in [6.07, 6.45) is 5.52. The standard InChI is InChI=1S/C24H39N5O4/c1-5-7-13-28-22-21(23(31)26-24(28)32)29(15-17(3)4)19(25-22)10-11-20(30)27-12-8-9-18(16-27)33-14-6-2/h17-18H,5-16H2,1-4H3,(H,26,31,32). The van der Waals surface area contributed by atoms with Gasteiger partial charge in [-0.1, -0.05) is 34.1 Å². The molecule has 1 aliphatic heterocycles. The number of rotatable bonds is 11. The zero-order chi connectivity index (χ0) is 24.0. The van der Waals surface area contributed by atoms with Crippen LogP contribution in [0.5, 0.6) is 0 Å². The minimum atomic E-state index is -0.427. The normalized spacial score (nSPS) is 16.8. The molecule has 0 saturated carbocycles. The summed E-state index contributed by atoms with van der Waals surface area (Å²) in [5.74, 6) is 1.05. The van der Waals surface area contributed by atoms with Crippen molar-refractivity contribution >= 4 is 17.1 Å². The van der Waals surface area contributed by atoms with Crippen molar-refractivity contribution in [2.45, 2.75) is 91.8 Å². The Labute approximate surface area is 195 Å². The number of fused-ring (bicyclic) bond motifs is 1. The molecular formula is C24H39N5O4. The number of carbonyl (C=O) groups is 1. The zero-order valence-electron chi connectivity index (χ0n) is 20.6. The Hall–Kier alpha value is -2.42. The summed E-state index contributed by atoms with van der Waals surface area (Å²) in [6.45, 7) is 11.5. The number of unbranched alkanes of at least 4 members (excludes halogenated alkanes) is 1. The highest BCUT2D eigenvalue weighted by molar-refractivity contribution is 5.77. The van der Waals surface area contributed by atoms with Gasteiger partial charge in [-0.05, 0) is 31.6 Å². The molecule has 184 valence electrons. The molecule has 3 heterocycles. The molecule has 1 N–H and O–H groups in total. The molecule has 2 aromatic rings. The minimum Gasteiger partial charge on any atom is -0.376 e. The van der Waals surface area contributed by atoms with Gasteiger partial charge < -0.3 is 14.2 Å². The first-order valence-electron chi connectivity index (χ1n) is 12.5. The molecule has 1 unspecified atom stereocenters. The first-order valence-corrected chi connectivity index (χ1v) is 12.5. The van der Waals surface area contributed by atoms with E-state index in [1.165, 1.54) is 0 Å². The minimum absolute atomic E-state index is 0.0836. The fraction of sp³-hybridized carbons (Fsp3) is 0.750. The summed E-state index contributed by atoms with van der Waals surface area (Å²) in [5.41, 5.74) is 0.00351. The van der Waals surface area contributed by atoms with Crippen molar-refractivity contribution in [3.63, 3.8) is 0 Å². The van der Waals surface area contributed by atoms with Crippen LogP contribution in [0, 0.1) is 5.92 Å². The lowest BCUT2D eigenvalue weighted by Gasteiger charge is -2.32. The molecule has 0 bridgehead atoms. The topological polar surface area (TPSA) is 102 Å². The molecule has 0 aliphatic carbocycles. The van der Waals surface area contributed by atoms with Gasteiger partial charge in [-0.15, -0.1) is 0 Å². The van der Waals surface area contributed by atoms with Crippen LogP contribution in [0.15, 0.2) is 9.59 Å². The molecule has 1 aliphatic rings.